The molecular weight excluding hydrogens is 276 g/mol. The fraction of sp³-hybridized carbons (Fsp3) is 0.444. The summed E-state index contributed by atoms with van der Waals surface area (Å²) in [5.41, 5.74) is 2.55. The van der Waals surface area contributed by atoms with Gasteiger partial charge < -0.3 is 9.80 Å². The standard InChI is InChI=1S/C18H22N2O2/c1-3-17(21)19(2)15-10-9-13-12-20(18(22)16(13)11-15)14-7-5-4-6-8-14/h3,9-11,14H,1,4-8,12H2,2H3. The number of carbonyl (C=O) groups excluding carboxylic acids is 2. The summed E-state index contributed by atoms with van der Waals surface area (Å²) in [6, 6.07) is 6.09. The van der Waals surface area contributed by atoms with Crippen LogP contribution < -0.4 is 4.90 Å². The number of fused-ring (bicyclic) bond motifs is 1. The molecule has 22 heavy (non-hydrogen) atoms. The van der Waals surface area contributed by atoms with E-state index < -0.39 is 0 Å². The van der Waals surface area contributed by atoms with Gasteiger partial charge >= 0.3 is 0 Å². The van der Waals surface area contributed by atoms with Crippen LogP contribution in [0.5, 0.6) is 0 Å². The molecule has 2 amide bonds. The minimum Gasteiger partial charge on any atom is -0.331 e. The van der Waals surface area contributed by atoms with Gasteiger partial charge in [-0.1, -0.05) is 31.9 Å². The average Bonchev–Trinajstić information content (AvgIpc) is 2.90. The Kier molecular flexibility index (Phi) is 4.01. The molecule has 0 saturated heterocycles. The van der Waals surface area contributed by atoms with Gasteiger partial charge in [0.2, 0.25) is 5.91 Å². The third-order valence-electron chi connectivity index (χ3n) is 4.83. The van der Waals surface area contributed by atoms with Gasteiger partial charge in [0, 0.05) is 30.9 Å². The normalized spacial score (nSPS) is 18.2. The molecule has 1 aromatic rings. The molecule has 0 atom stereocenters. The van der Waals surface area contributed by atoms with Crippen molar-refractivity contribution in [2.24, 2.45) is 0 Å². The van der Waals surface area contributed by atoms with E-state index in [0.717, 1.165) is 29.7 Å². The summed E-state index contributed by atoms with van der Waals surface area (Å²) in [6.45, 7) is 4.21. The van der Waals surface area contributed by atoms with Crippen LogP contribution in [0.1, 0.15) is 48.0 Å². The van der Waals surface area contributed by atoms with Crippen LogP contribution in [0.3, 0.4) is 0 Å². The zero-order chi connectivity index (χ0) is 15.7. The third-order valence-corrected chi connectivity index (χ3v) is 4.83. The van der Waals surface area contributed by atoms with E-state index in [4.69, 9.17) is 0 Å². The first kappa shape index (κ1) is 14.8. The van der Waals surface area contributed by atoms with E-state index in [2.05, 4.69) is 6.58 Å². The molecule has 0 N–H and O–H groups in total. The van der Waals surface area contributed by atoms with Gasteiger partial charge in [-0.3, -0.25) is 9.59 Å². The minimum absolute atomic E-state index is 0.114. The average molecular weight is 298 g/mol. The maximum atomic E-state index is 12.7. The smallest absolute Gasteiger partial charge is 0.254 e. The van der Waals surface area contributed by atoms with Crippen LogP contribution in [0.15, 0.2) is 30.9 Å². The zero-order valence-corrected chi connectivity index (χ0v) is 13.0. The molecule has 0 bridgehead atoms. The number of carbonyl (C=O) groups is 2. The van der Waals surface area contributed by atoms with Gasteiger partial charge in [0.15, 0.2) is 0 Å². The predicted octanol–water partition coefficient (Wildman–Crippen LogP) is 3.12. The highest BCUT2D eigenvalue weighted by molar-refractivity contribution is 6.03. The van der Waals surface area contributed by atoms with Crippen molar-refractivity contribution in [2.75, 3.05) is 11.9 Å². The van der Waals surface area contributed by atoms with Crippen LogP contribution in [0.2, 0.25) is 0 Å². The maximum absolute atomic E-state index is 12.7. The van der Waals surface area contributed by atoms with Crippen LogP contribution in [0.4, 0.5) is 5.69 Å². The Morgan fingerprint density at radius 1 is 1.32 bits per heavy atom. The SMILES string of the molecule is C=CC(=O)N(C)c1ccc2c(c1)C(=O)N(C1CCCCC1)C2. The first-order valence-electron chi connectivity index (χ1n) is 7.96. The summed E-state index contributed by atoms with van der Waals surface area (Å²) in [5, 5.41) is 0. The number of benzene rings is 1. The van der Waals surface area contributed by atoms with Crippen LogP contribution in [-0.4, -0.2) is 29.8 Å². The largest absolute Gasteiger partial charge is 0.331 e. The van der Waals surface area contributed by atoms with Crippen LogP contribution in [-0.2, 0) is 11.3 Å². The number of hydrogen-bond acceptors (Lipinski definition) is 2. The van der Waals surface area contributed by atoms with E-state index in [9.17, 15) is 9.59 Å². The van der Waals surface area contributed by atoms with Gasteiger partial charge in [0.25, 0.3) is 5.91 Å². The Balaban J connectivity index is 1.83. The first-order valence-corrected chi connectivity index (χ1v) is 7.96. The monoisotopic (exact) mass is 298 g/mol. The summed E-state index contributed by atoms with van der Waals surface area (Å²) < 4.78 is 0. The predicted molar refractivity (Wildman–Crippen MR) is 86.8 cm³/mol. The molecule has 0 spiro atoms. The fourth-order valence-corrected chi connectivity index (χ4v) is 3.47. The molecule has 0 aromatic heterocycles. The van der Waals surface area contributed by atoms with Gasteiger partial charge in [-0.2, -0.15) is 0 Å². The number of hydrogen-bond donors (Lipinski definition) is 0. The molecule has 4 nitrogen and oxygen atoms in total. The fourth-order valence-electron chi connectivity index (χ4n) is 3.47. The molecule has 0 radical (unpaired) electrons. The molecule has 1 aliphatic heterocycles. The Morgan fingerprint density at radius 3 is 2.73 bits per heavy atom. The summed E-state index contributed by atoms with van der Waals surface area (Å²) in [6.07, 6.45) is 7.22. The second-order valence-electron chi connectivity index (χ2n) is 6.17. The van der Waals surface area contributed by atoms with Gasteiger partial charge in [-0.25, -0.2) is 0 Å². The number of amides is 2. The highest BCUT2D eigenvalue weighted by Gasteiger charge is 2.33. The van der Waals surface area contributed by atoms with Crippen molar-refractivity contribution in [1.29, 1.82) is 0 Å². The quantitative estimate of drug-likeness (QED) is 0.804. The molecule has 3 rings (SSSR count). The van der Waals surface area contributed by atoms with Gasteiger partial charge in [-0.05, 0) is 36.6 Å². The molecule has 1 saturated carbocycles. The number of anilines is 1. The minimum atomic E-state index is -0.172. The lowest BCUT2D eigenvalue weighted by molar-refractivity contribution is -0.113. The molecule has 116 valence electrons. The second kappa shape index (κ2) is 5.95. The van der Waals surface area contributed by atoms with E-state index in [1.807, 2.05) is 23.1 Å². The number of nitrogens with zero attached hydrogens (tertiary/aromatic N) is 2. The molecule has 4 heteroatoms. The maximum Gasteiger partial charge on any atom is 0.254 e. The van der Waals surface area contributed by atoms with E-state index in [1.54, 1.807) is 7.05 Å². The molecule has 0 unspecified atom stereocenters. The van der Waals surface area contributed by atoms with E-state index in [0.29, 0.717) is 12.6 Å². The van der Waals surface area contributed by atoms with Crippen molar-refractivity contribution < 1.29 is 9.59 Å². The van der Waals surface area contributed by atoms with Crippen LogP contribution in [0, 0.1) is 0 Å². The van der Waals surface area contributed by atoms with Gasteiger partial charge in [0.1, 0.15) is 0 Å². The van der Waals surface area contributed by atoms with Crippen molar-refractivity contribution in [1.82, 2.24) is 4.90 Å². The summed E-state index contributed by atoms with van der Waals surface area (Å²) in [7, 11) is 1.70. The topological polar surface area (TPSA) is 40.6 Å². The summed E-state index contributed by atoms with van der Waals surface area (Å²) in [4.78, 5) is 28.0. The molecule has 1 fully saturated rings. The number of likely N-dealkylation sites (N-methyl/N-ethyl adjacent to an activating group) is 1. The molecule has 1 heterocycles. The van der Waals surface area contributed by atoms with Crippen molar-refractivity contribution in [3.63, 3.8) is 0 Å². The second-order valence-corrected chi connectivity index (χ2v) is 6.17. The third kappa shape index (κ3) is 2.54. The molecule has 1 aliphatic carbocycles. The Hall–Kier alpha value is -2.10. The van der Waals surface area contributed by atoms with E-state index in [1.165, 1.54) is 30.2 Å². The molecule has 1 aromatic carbocycles. The zero-order valence-electron chi connectivity index (χ0n) is 13.0. The Bertz CT molecular complexity index is 618. The lowest BCUT2D eigenvalue weighted by atomic mass is 9.94. The highest BCUT2D eigenvalue weighted by Crippen LogP contribution is 2.32. The van der Waals surface area contributed by atoms with Crippen LogP contribution in [0.25, 0.3) is 0 Å². The van der Waals surface area contributed by atoms with E-state index >= 15 is 0 Å². The van der Waals surface area contributed by atoms with Crippen LogP contribution >= 0.6 is 0 Å². The molecular formula is C18H22N2O2. The van der Waals surface area contributed by atoms with Gasteiger partial charge in [0.05, 0.1) is 0 Å². The highest BCUT2D eigenvalue weighted by atomic mass is 16.2. The van der Waals surface area contributed by atoms with Crippen molar-refractivity contribution in [2.45, 2.75) is 44.7 Å². The van der Waals surface area contributed by atoms with Gasteiger partial charge in [-0.15, -0.1) is 0 Å². The van der Waals surface area contributed by atoms with Crippen molar-refractivity contribution >= 4 is 17.5 Å². The van der Waals surface area contributed by atoms with Crippen molar-refractivity contribution in [3.8, 4) is 0 Å². The Labute approximate surface area is 131 Å². The number of rotatable bonds is 3. The molecule has 2 aliphatic rings. The summed E-state index contributed by atoms with van der Waals surface area (Å²) in [5.74, 6) is -0.0577. The lowest BCUT2D eigenvalue weighted by Crippen LogP contribution is -2.36. The lowest BCUT2D eigenvalue weighted by Gasteiger charge is -2.30. The van der Waals surface area contributed by atoms with E-state index in [-0.39, 0.29) is 11.8 Å². The summed E-state index contributed by atoms with van der Waals surface area (Å²) >= 11 is 0. The Morgan fingerprint density at radius 2 is 2.05 bits per heavy atom. The first-order chi connectivity index (χ1) is 10.6. The van der Waals surface area contributed by atoms with Crippen molar-refractivity contribution in [3.05, 3.63) is 42.0 Å².